The molecule has 1 aromatic heterocycles. The lowest BCUT2D eigenvalue weighted by atomic mass is 10.1. The van der Waals surface area contributed by atoms with Crippen LogP contribution in [0.5, 0.6) is 0 Å². The van der Waals surface area contributed by atoms with E-state index in [4.69, 9.17) is 11.6 Å². The van der Waals surface area contributed by atoms with Crippen LogP contribution < -0.4 is 0 Å². The van der Waals surface area contributed by atoms with Gasteiger partial charge in [0.05, 0.1) is 0 Å². The third kappa shape index (κ3) is 1.47. The summed E-state index contributed by atoms with van der Waals surface area (Å²) in [5.74, 6) is 0.586. The maximum Gasteiger partial charge on any atom is 0.0491 e. The Morgan fingerprint density at radius 2 is 2.23 bits per heavy atom. The van der Waals surface area contributed by atoms with Crippen molar-refractivity contribution in [1.82, 2.24) is 0 Å². The van der Waals surface area contributed by atoms with E-state index < -0.39 is 0 Å². The van der Waals surface area contributed by atoms with Crippen LogP contribution in [0.3, 0.4) is 0 Å². The highest BCUT2D eigenvalue weighted by molar-refractivity contribution is 7.80. The second-order valence-corrected chi connectivity index (χ2v) is 4.90. The van der Waals surface area contributed by atoms with Gasteiger partial charge in [0.1, 0.15) is 0 Å². The van der Waals surface area contributed by atoms with Crippen molar-refractivity contribution < 1.29 is 0 Å². The van der Waals surface area contributed by atoms with Gasteiger partial charge in [0.2, 0.25) is 0 Å². The zero-order chi connectivity index (χ0) is 9.42. The van der Waals surface area contributed by atoms with Crippen LogP contribution in [-0.2, 0) is 5.88 Å². The molecule has 0 bridgehead atoms. The zero-order valence-electron chi connectivity index (χ0n) is 7.17. The molecule has 0 unspecified atom stereocenters. The first-order valence-electron chi connectivity index (χ1n) is 4.00. The minimum absolute atomic E-state index is 0.586. The summed E-state index contributed by atoms with van der Waals surface area (Å²) in [6.07, 6.45) is 0. The third-order valence-electron chi connectivity index (χ3n) is 2.13. The molecule has 1 aromatic carbocycles. The van der Waals surface area contributed by atoms with Crippen molar-refractivity contribution in [2.45, 2.75) is 17.7 Å². The molecule has 3 heteroatoms. The molecule has 2 aromatic rings. The van der Waals surface area contributed by atoms with E-state index in [0.717, 1.165) is 4.90 Å². The smallest absolute Gasteiger partial charge is 0.0491 e. The Morgan fingerprint density at radius 3 is 2.92 bits per heavy atom. The fourth-order valence-electron chi connectivity index (χ4n) is 1.44. The van der Waals surface area contributed by atoms with Crippen molar-refractivity contribution >= 4 is 45.7 Å². The molecule has 0 aliphatic heterocycles. The van der Waals surface area contributed by atoms with E-state index in [2.05, 4.69) is 25.6 Å². The molecule has 68 valence electrons. The van der Waals surface area contributed by atoms with Crippen molar-refractivity contribution in [3.63, 3.8) is 0 Å². The van der Waals surface area contributed by atoms with Crippen LogP contribution in [0.1, 0.15) is 10.4 Å². The summed E-state index contributed by atoms with van der Waals surface area (Å²) >= 11 is 12.1. The summed E-state index contributed by atoms with van der Waals surface area (Å²) in [4.78, 5) is 2.34. The molecule has 0 atom stereocenters. The van der Waals surface area contributed by atoms with E-state index in [9.17, 15) is 0 Å². The molecule has 0 amide bonds. The Balaban J connectivity index is 2.86. The summed E-state index contributed by atoms with van der Waals surface area (Å²) in [7, 11) is 0. The predicted octanol–water partition coefficient (Wildman–Crippen LogP) is 4.24. The third-order valence-corrected chi connectivity index (χ3v) is 4.12. The largest absolute Gasteiger partial charge is 0.142 e. The van der Waals surface area contributed by atoms with Gasteiger partial charge in [-0.1, -0.05) is 12.1 Å². The molecule has 2 rings (SSSR count). The number of halogens is 1. The first kappa shape index (κ1) is 9.38. The van der Waals surface area contributed by atoms with Crippen molar-refractivity contribution in [2.75, 3.05) is 0 Å². The van der Waals surface area contributed by atoms with Crippen LogP contribution in [0.15, 0.2) is 23.1 Å². The fraction of sp³-hybridized carbons (Fsp3) is 0.200. The van der Waals surface area contributed by atoms with Crippen LogP contribution in [0, 0.1) is 6.92 Å². The maximum absolute atomic E-state index is 5.89. The number of fused-ring (bicyclic) bond motifs is 1. The highest BCUT2D eigenvalue weighted by Gasteiger charge is 2.08. The van der Waals surface area contributed by atoms with Crippen molar-refractivity contribution in [3.05, 3.63) is 28.6 Å². The maximum atomic E-state index is 5.89. The number of benzene rings is 1. The monoisotopic (exact) mass is 228 g/mol. The van der Waals surface area contributed by atoms with Crippen molar-refractivity contribution in [2.24, 2.45) is 0 Å². The summed E-state index contributed by atoms with van der Waals surface area (Å²) in [5, 5.41) is 1.25. The number of thiophene rings is 1. The molecule has 0 spiro atoms. The molecule has 0 N–H and O–H groups in total. The van der Waals surface area contributed by atoms with Crippen LogP contribution in [0.2, 0.25) is 0 Å². The number of hydrogen-bond acceptors (Lipinski definition) is 2. The van der Waals surface area contributed by atoms with Crippen molar-refractivity contribution in [1.29, 1.82) is 0 Å². The van der Waals surface area contributed by atoms with Gasteiger partial charge in [-0.15, -0.1) is 35.6 Å². The van der Waals surface area contributed by atoms with Crippen molar-refractivity contribution in [3.8, 4) is 0 Å². The quantitative estimate of drug-likeness (QED) is 0.548. The summed E-state index contributed by atoms with van der Waals surface area (Å²) in [6.45, 7) is 2.11. The number of hydrogen-bond donors (Lipinski definition) is 1. The van der Waals surface area contributed by atoms with E-state index in [1.807, 2.05) is 12.1 Å². The number of alkyl halides is 1. The van der Waals surface area contributed by atoms with Gasteiger partial charge in [0, 0.05) is 20.4 Å². The molecule has 0 saturated heterocycles. The van der Waals surface area contributed by atoms with Gasteiger partial charge >= 0.3 is 0 Å². The Labute approximate surface area is 91.9 Å². The van der Waals surface area contributed by atoms with Gasteiger partial charge in [-0.25, -0.2) is 0 Å². The van der Waals surface area contributed by atoms with Gasteiger partial charge in [-0.05, 0) is 23.9 Å². The lowest BCUT2D eigenvalue weighted by Crippen LogP contribution is -1.76. The topological polar surface area (TPSA) is 0 Å². The molecule has 13 heavy (non-hydrogen) atoms. The van der Waals surface area contributed by atoms with Gasteiger partial charge in [0.25, 0.3) is 0 Å². The molecule has 0 radical (unpaired) electrons. The predicted molar refractivity (Wildman–Crippen MR) is 63.4 cm³/mol. The number of aryl methyl sites for hydroxylation is 1. The summed E-state index contributed by atoms with van der Waals surface area (Å²) < 4.78 is 1.25. The average Bonchev–Trinajstić information content (AvgIpc) is 2.43. The van der Waals surface area contributed by atoms with E-state index in [1.165, 1.54) is 20.5 Å². The fourth-order valence-corrected chi connectivity index (χ4v) is 3.29. The minimum Gasteiger partial charge on any atom is -0.142 e. The summed E-state index contributed by atoms with van der Waals surface area (Å²) in [5.41, 5.74) is 1.25. The molecule has 0 aliphatic rings. The lowest BCUT2D eigenvalue weighted by Gasteiger charge is -1.95. The lowest BCUT2D eigenvalue weighted by molar-refractivity contribution is 1.41. The Morgan fingerprint density at radius 1 is 1.46 bits per heavy atom. The normalized spacial score (nSPS) is 11.0. The molecule has 0 nitrogen and oxygen atoms in total. The van der Waals surface area contributed by atoms with Crippen LogP contribution in [0.4, 0.5) is 0 Å². The minimum atomic E-state index is 0.586. The molecule has 1 heterocycles. The highest BCUT2D eigenvalue weighted by Crippen LogP contribution is 2.35. The van der Waals surface area contributed by atoms with Crippen LogP contribution >= 0.6 is 35.6 Å². The Kier molecular flexibility index (Phi) is 2.54. The number of rotatable bonds is 1. The molecule has 0 saturated carbocycles. The summed E-state index contributed by atoms with van der Waals surface area (Å²) in [6, 6.07) is 6.14. The van der Waals surface area contributed by atoms with Crippen LogP contribution in [-0.4, -0.2) is 0 Å². The molecule has 0 fully saturated rings. The molecule has 0 aliphatic carbocycles. The van der Waals surface area contributed by atoms with Gasteiger partial charge in [0.15, 0.2) is 0 Å². The number of thiol groups is 1. The second kappa shape index (κ2) is 3.52. The van der Waals surface area contributed by atoms with E-state index >= 15 is 0 Å². The Bertz CT molecular complexity index is 445. The van der Waals surface area contributed by atoms with Gasteiger partial charge in [-0.2, -0.15) is 0 Å². The van der Waals surface area contributed by atoms with E-state index in [-0.39, 0.29) is 0 Å². The zero-order valence-corrected chi connectivity index (χ0v) is 9.64. The Hall–Kier alpha value is -0.180. The SMILES string of the molecule is Cc1sc2c(S)cccc2c1CCl. The van der Waals surface area contributed by atoms with E-state index in [0.29, 0.717) is 5.88 Å². The molecular weight excluding hydrogens is 220 g/mol. The first-order chi connectivity index (χ1) is 6.24. The first-order valence-corrected chi connectivity index (χ1v) is 5.79. The van der Waals surface area contributed by atoms with Gasteiger partial charge in [-0.3, -0.25) is 0 Å². The second-order valence-electron chi connectivity index (χ2n) is 2.92. The standard InChI is InChI=1S/C10H9ClS2/c1-6-8(5-11)7-3-2-4-9(12)10(7)13-6/h2-4,12H,5H2,1H3. The molecular formula is C10H9ClS2. The average molecular weight is 229 g/mol. The van der Waals surface area contributed by atoms with E-state index in [1.54, 1.807) is 11.3 Å². The highest BCUT2D eigenvalue weighted by atomic mass is 35.5. The van der Waals surface area contributed by atoms with Gasteiger partial charge < -0.3 is 0 Å². The van der Waals surface area contributed by atoms with Crippen LogP contribution in [0.25, 0.3) is 10.1 Å².